The number of aryl methyl sites for hydroxylation is 1. The summed E-state index contributed by atoms with van der Waals surface area (Å²) in [6.45, 7) is 2.05. The molecule has 0 aliphatic carbocycles. The molecule has 16 heavy (non-hydrogen) atoms. The van der Waals surface area contributed by atoms with E-state index in [1.165, 1.54) is 0 Å². The number of anilines is 2. The smallest absolute Gasteiger partial charge is 0.230 e. The van der Waals surface area contributed by atoms with Gasteiger partial charge in [-0.25, -0.2) is 0 Å². The summed E-state index contributed by atoms with van der Waals surface area (Å²) < 4.78 is 4.92. The van der Waals surface area contributed by atoms with Gasteiger partial charge in [-0.1, -0.05) is 17.3 Å². The van der Waals surface area contributed by atoms with Crippen molar-refractivity contribution in [1.29, 1.82) is 0 Å². The molecule has 0 spiro atoms. The van der Waals surface area contributed by atoms with Crippen LogP contribution in [0.4, 0.5) is 11.6 Å². The van der Waals surface area contributed by atoms with Crippen molar-refractivity contribution in [3.8, 4) is 11.1 Å². The fourth-order valence-corrected chi connectivity index (χ4v) is 1.81. The van der Waals surface area contributed by atoms with E-state index in [4.69, 9.17) is 10.3 Å². The van der Waals surface area contributed by atoms with Crippen LogP contribution >= 0.6 is 0 Å². The maximum Gasteiger partial charge on any atom is 0.230 e. The Hall–Kier alpha value is -1.97. The number of benzene rings is 1. The molecule has 0 amide bonds. The Morgan fingerprint density at radius 2 is 2.06 bits per heavy atom. The summed E-state index contributed by atoms with van der Waals surface area (Å²) in [7, 11) is 4.00. The summed E-state index contributed by atoms with van der Waals surface area (Å²) in [6, 6.07) is 6.13. The van der Waals surface area contributed by atoms with E-state index in [0.29, 0.717) is 5.88 Å². The highest BCUT2D eigenvalue weighted by atomic mass is 16.5. The van der Waals surface area contributed by atoms with Crippen LogP contribution in [-0.4, -0.2) is 19.3 Å². The minimum Gasteiger partial charge on any atom is -0.377 e. The molecular weight excluding hydrogens is 202 g/mol. The van der Waals surface area contributed by atoms with Crippen LogP contribution in [0.25, 0.3) is 11.1 Å². The van der Waals surface area contributed by atoms with Crippen LogP contribution in [0.5, 0.6) is 0 Å². The van der Waals surface area contributed by atoms with Gasteiger partial charge in [0.1, 0.15) is 0 Å². The van der Waals surface area contributed by atoms with Gasteiger partial charge in [0, 0.05) is 25.3 Å². The van der Waals surface area contributed by atoms with Gasteiger partial charge < -0.3 is 15.2 Å². The van der Waals surface area contributed by atoms with E-state index in [9.17, 15) is 0 Å². The number of nitrogens with zero attached hydrogens (tertiary/aromatic N) is 2. The number of nitrogens with two attached hydrogens (primary N) is 1. The molecule has 84 valence electrons. The number of nitrogen functional groups attached to an aromatic ring is 1. The van der Waals surface area contributed by atoms with Crippen molar-refractivity contribution >= 4 is 11.6 Å². The molecule has 2 rings (SSSR count). The largest absolute Gasteiger partial charge is 0.377 e. The summed E-state index contributed by atoms with van der Waals surface area (Å²) in [6.07, 6.45) is 1.66. The molecule has 0 saturated carbocycles. The average molecular weight is 217 g/mol. The Balaban J connectivity index is 2.68. The molecule has 1 heterocycles. The van der Waals surface area contributed by atoms with Gasteiger partial charge in [-0.3, -0.25) is 0 Å². The van der Waals surface area contributed by atoms with E-state index in [1.54, 1.807) is 6.20 Å². The molecule has 0 fully saturated rings. The third-order valence-electron chi connectivity index (χ3n) is 2.60. The lowest BCUT2D eigenvalue weighted by molar-refractivity contribution is 0.436. The molecule has 0 saturated heterocycles. The van der Waals surface area contributed by atoms with Crippen molar-refractivity contribution < 1.29 is 4.52 Å². The molecule has 0 bridgehead atoms. The van der Waals surface area contributed by atoms with E-state index in [2.05, 4.69) is 29.1 Å². The first-order valence-corrected chi connectivity index (χ1v) is 5.08. The Morgan fingerprint density at radius 3 is 2.62 bits per heavy atom. The van der Waals surface area contributed by atoms with Gasteiger partial charge in [0.2, 0.25) is 5.88 Å². The van der Waals surface area contributed by atoms with Gasteiger partial charge in [0.15, 0.2) is 0 Å². The first-order valence-electron chi connectivity index (χ1n) is 5.08. The highest BCUT2D eigenvalue weighted by Crippen LogP contribution is 2.35. The Bertz CT molecular complexity index is 503. The normalized spacial score (nSPS) is 10.4. The van der Waals surface area contributed by atoms with Crippen LogP contribution in [0, 0.1) is 6.92 Å². The third kappa shape index (κ3) is 1.62. The summed E-state index contributed by atoms with van der Waals surface area (Å²) in [5.41, 5.74) is 9.95. The van der Waals surface area contributed by atoms with Crippen LogP contribution in [0.2, 0.25) is 0 Å². The lowest BCUT2D eigenvalue weighted by Crippen LogP contribution is -2.10. The fourth-order valence-electron chi connectivity index (χ4n) is 1.81. The minimum absolute atomic E-state index is 0.359. The molecule has 0 radical (unpaired) electrons. The Morgan fingerprint density at radius 1 is 1.31 bits per heavy atom. The number of aromatic nitrogens is 1. The van der Waals surface area contributed by atoms with Gasteiger partial charge in [-0.2, -0.15) is 0 Å². The van der Waals surface area contributed by atoms with E-state index < -0.39 is 0 Å². The Labute approximate surface area is 94.6 Å². The van der Waals surface area contributed by atoms with Crippen molar-refractivity contribution in [3.63, 3.8) is 0 Å². The molecule has 0 unspecified atom stereocenters. The zero-order chi connectivity index (χ0) is 11.7. The van der Waals surface area contributed by atoms with Gasteiger partial charge in [-0.05, 0) is 18.6 Å². The molecule has 1 aromatic heterocycles. The van der Waals surface area contributed by atoms with Crippen LogP contribution < -0.4 is 10.6 Å². The van der Waals surface area contributed by atoms with Gasteiger partial charge in [0.25, 0.3) is 0 Å². The molecule has 4 heteroatoms. The monoisotopic (exact) mass is 217 g/mol. The van der Waals surface area contributed by atoms with E-state index in [0.717, 1.165) is 22.4 Å². The van der Waals surface area contributed by atoms with Crippen molar-refractivity contribution in [2.24, 2.45) is 0 Å². The quantitative estimate of drug-likeness (QED) is 0.838. The second kappa shape index (κ2) is 3.89. The molecule has 4 nitrogen and oxygen atoms in total. The first-order chi connectivity index (χ1) is 7.61. The Kier molecular flexibility index (Phi) is 2.56. The zero-order valence-corrected chi connectivity index (χ0v) is 9.69. The second-order valence-electron chi connectivity index (χ2n) is 3.97. The number of hydrogen-bond acceptors (Lipinski definition) is 4. The first kappa shape index (κ1) is 10.5. The molecule has 2 aromatic rings. The van der Waals surface area contributed by atoms with Crippen LogP contribution in [0.1, 0.15) is 5.56 Å². The maximum absolute atomic E-state index is 5.76. The predicted octanol–water partition coefficient (Wildman–Crippen LogP) is 2.30. The zero-order valence-electron chi connectivity index (χ0n) is 9.69. The SMILES string of the molecule is Cc1cccc(N(C)C)c1-c1cnoc1N. The van der Waals surface area contributed by atoms with Gasteiger partial charge >= 0.3 is 0 Å². The van der Waals surface area contributed by atoms with E-state index in [-0.39, 0.29) is 0 Å². The maximum atomic E-state index is 5.76. The molecule has 0 atom stereocenters. The summed E-state index contributed by atoms with van der Waals surface area (Å²) >= 11 is 0. The third-order valence-corrected chi connectivity index (χ3v) is 2.60. The van der Waals surface area contributed by atoms with Gasteiger partial charge in [0.05, 0.1) is 11.8 Å². The highest BCUT2D eigenvalue weighted by Gasteiger charge is 2.14. The van der Waals surface area contributed by atoms with E-state index in [1.807, 2.05) is 20.2 Å². The standard InChI is InChI=1S/C12H15N3O/c1-8-5-4-6-10(15(2)3)11(8)9-7-14-16-12(9)13/h4-7H,13H2,1-3H3. The molecule has 0 aliphatic heterocycles. The number of rotatable bonds is 2. The summed E-state index contributed by atoms with van der Waals surface area (Å²) in [5.74, 6) is 0.359. The van der Waals surface area contributed by atoms with Crippen LogP contribution in [0.3, 0.4) is 0 Å². The summed E-state index contributed by atoms with van der Waals surface area (Å²) in [5, 5.41) is 3.72. The topological polar surface area (TPSA) is 55.3 Å². The van der Waals surface area contributed by atoms with Crippen molar-refractivity contribution in [2.45, 2.75) is 6.92 Å². The second-order valence-corrected chi connectivity index (χ2v) is 3.97. The molecule has 2 N–H and O–H groups in total. The highest BCUT2D eigenvalue weighted by molar-refractivity contribution is 5.85. The molecular formula is C12H15N3O. The predicted molar refractivity (Wildman–Crippen MR) is 65.4 cm³/mol. The van der Waals surface area contributed by atoms with Crippen molar-refractivity contribution in [2.75, 3.05) is 24.7 Å². The fraction of sp³-hybridized carbons (Fsp3) is 0.250. The lowest BCUT2D eigenvalue weighted by atomic mass is 10.0. The summed E-state index contributed by atoms with van der Waals surface area (Å²) in [4.78, 5) is 2.05. The minimum atomic E-state index is 0.359. The number of hydrogen-bond donors (Lipinski definition) is 1. The van der Waals surface area contributed by atoms with Crippen LogP contribution in [0.15, 0.2) is 28.9 Å². The van der Waals surface area contributed by atoms with E-state index >= 15 is 0 Å². The lowest BCUT2D eigenvalue weighted by Gasteiger charge is -2.18. The molecule has 1 aromatic carbocycles. The van der Waals surface area contributed by atoms with Gasteiger partial charge in [-0.15, -0.1) is 0 Å². The van der Waals surface area contributed by atoms with Crippen molar-refractivity contribution in [3.05, 3.63) is 30.0 Å². The molecule has 0 aliphatic rings. The van der Waals surface area contributed by atoms with Crippen LogP contribution in [-0.2, 0) is 0 Å². The average Bonchev–Trinajstić information content (AvgIpc) is 2.64. The van der Waals surface area contributed by atoms with Crippen molar-refractivity contribution in [1.82, 2.24) is 5.16 Å².